The number of hydrogen-bond donors (Lipinski definition) is 1. The highest BCUT2D eigenvalue weighted by Gasteiger charge is 2.13. The molecule has 98 valence electrons. The van der Waals surface area contributed by atoms with Crippen LogP contribution in [-0.2, 0) is 9.53 Å². The third kappa shape index (κ3) is 3.82. The van der Waals surface area contributed by atoms with Crippen molar-refractivity contribution in [1.29, 1.82) is 0 Å². The highest BCUT2D eigenvalue weighted by molar-refractivity contribution is 6.34. The van der Waals surface area contributed by atoms with Crippen molar-refractivity contribution in [3.05, 3.63) is 28.8 Å². The van der Waals surface area contributed by atoms with Gasteiger partial charge in [0.05, 0.1) is 5.02 Å². The maximum Gasteiger partial charge on any atom is 0.253 e. The van der Waals surface area contributed by atoms with Crippen LogP contribution < -0.4 is 5.32 Å². The molecule has 0 radical (unpaired) electrons. The van der Waals surface area contributed by atoms with Gasteiger partial charge in [-0.25, -0.2) is 0 Å². The van der Waals surface area contributed by atoms with E-state index in [1.54, 1.807) is 25.1 Å². The van der Waals surface area contributed by atoms with Crippen molar-refractivity contribution in [2.45, 2.75) is 26.9 Å². The Kier molecular flexibility index (Phi) is 5.31. The van der Waals surface area contributed by atoms with Gasteiger partial charge in [0.15, 0.2) is 5.78 Å². The number of ketones is 1. The molecule has 0 aliphatic carbocycles. The van der Waals surface area contributed by atoms with E-state index in [9.17, 15) is 9.59 Å². The average molecular weight is 270 g/mol. The number of benzene rings is 1. The summed E-state index contributed by atoms with van der Waals surface area (Å²) in [5, 5.41) is 3.00. The second kappa shape index (κ2) is 6.52. The molecule has 4 nitrogen and oxygen atoms in total. The quantitative estimate of drug-likeness (QED) is 0.836. The minimum atomic E-state index is -0.527. The van der Waals surface area contributed by atoms with Gasteiger partial charge in [-0.2, -0.15) is 0 Å². The lowest BCUT2D eigenvalue weighted by Crippen LogP contribution is -2.27. The lowest BCUT2D eigenvalue weighted by Gasteiger charge is -2.12. The third-order valence-electron chi connectivity index (χ3n) is 2.40. The molecule has 0 unspecified atom stereocenters. The molecule has 0 fully saturated rings. The Hall–Kier alpha value is -1.39. The van der Waals surface area contributed by atoms with Gasteiger partial charge < -0.3 is 10.1 Å². The Labute approximate surface area is 111 Å². The molecule has 0 saturated carbocycles. The van der Waals surface area contributed by atoms with Gasteiger partial charge in [0.25, 0.3) is 5.91 Å². The average Bonchev–Trinajstić information content (AvgIpc) is 2.28. The molecule has 0 spiro atoms. The minimum absolute atomic E-state index is 0.111. The highest BCUT2D eigenvalue weighted by atomic mass is 35.5. The van der Waals surface area contributed by atoms with Gasteiger partial charge in [-0.05, 0) is 39.0 Å². The summed E-state index contributed by atoms with van der Waals surface area (Å²) in [5.41, 5.74) is 0.981. The first kappa shape index (κ1) is 14.7. The van der Waals surface area contributed by atoms with Crippen LogP contribution in [0.4, 0.5) is 5.69 Å². The minimum Gasteiger partial charge on any atom is -0.369 e. The van der Waals surface area contributed by atoms with E-state index in [0.717, 1.165) is 0 Å². The number of ether oxygens (including phenoxy) is 1. The van der Waals surface area contributed by atoms with Crippen LogP contribution in [0.25, 0.3) is 0 Å². The molecule has 1 atom stereocenters. The molecule has 0 bridgehead atoms. The van der Waals surface area contributed by atoms with Crippen molar-refractivity contribution in [3.8, 4) is 0 Å². The number of rotatable bonds is 5. The smallest absolute Gasteiger partial charge is 0.253 e. The number of nitrogens with one attached hydrogen (secondary N) is 1. The second-order valence-corrected chi connectivity index (χ2v) is 4.24. The molecule has 0 saturated heterocycles. The molecule has 1 amide bonds. The second-order valence-electron chi connectivity index (χ2n) is 3.84. The molecule has 5 heteroatoms. The third-order valence-corrected chi connectivity index (χ3v) is 2.71. The maximum absolute atomic E-state index is 11.7. The van der Waals surface area contributed by atoms with Gasteiger partial charge in [-0.15, -0.1) is 0 Å². The summed E-state index contributed by atoms with van der Waals surface area (Å²) in [5.74, 6) is -0.357. The lowest BCUT2D eigenvalue weighted by atomic mass is 10.1. The fourth-order valence-electron chi connectivity index (χ4n) is 1.45. The van der Waals surface area contributed by atoms with E-state index >= 15 is 0 Å². The van der Waals surface area contributed by atoms with Crippen molar-refractivity contribution in [2.75, 3.05) is 11.9 Å². The number of halogens is 1. The Morgan fingerprint density at radius 2 is 2.11 bits per heavy atom. The lowest BCUT2D eigenvalue weighted by molar-refractivity contribution is -0.126. The van der Waals surface area contributed by atoms with E-state index < -0.39 is 6.10 Å². The van der Waals surface area contributed by atoms with E-state index in [0.29, 0.717) is 22.9 Å². The van der Waals surface area contributed by atoms with Crippen molar-refractivity contribution in [3.63, 3.8) is 0 Å². The summed E-state index contributed by atoms with van der Waals surface area (Å²) in [4.78, 5) is 22.9. The van der Waals surface area contributed by atoms with Crippen molar-refractivity contribution in [2.24, 2.45) is 0 Å². The highest BCUT2D eigenvalue weighted by Crippen LogP contribution is 2.21. The number of carbonyl (C=O) groups is 2. The van der Waals surface area contributed by atoms with Gasteiger partial charge in [0.2, 0.25) is 0 Å². The number of amides is 1. The number of anilines is 1. The zero-order chi connectivity index (χ0) is 13.7. The topological polar surface area (TPSA) is 55.4 Å². The van der Waals surface area contributed by atoms with Crippen LogP contribution in [0.5, 0.6) is 0 Å². The first-order valence-electron chi connectivity index (χ1n) is 5.68. The van der Waals surface area contributed by atoms with Gasteiger partial charge in [-0.1, -0.05) is 11.6 Å². The molecule has 0 aliphatic rings. The fraction of sp³-hybridized carbons (Fsp3) is 0.385. The molecule has 0 aliphatic heterocycles. The summed E-state index contributed by atoms with van der Waals surface area (Å²) in [6.45, 7) is 5.40. The summed E-state index contributed by atoms with van der Waals surface area (Å²) in [6.07, 6.45) is -0.527. The molecular formula is C13H16ClNO3. The number of Topliss-reactive ketones (excluding diaryl/α,β-unsaturated/α-hetero) is 1. The molecule has 18 heavy (non-hydrogen) atoms. The van der Waals surface area contributed by atoms with Crippen molar-refractivity contribution in [1.82, 2.24) is 0 Å². The Bertz CT molecular complexity index is 460. The standard InChI is InChI=1S/C13H16ClNO3/c1-4-18-9(3)13(17)15-10-5-6-11(8(2)16)12(14)7-10/h5-7,9H,4H2,1-3H3,(H,15,17)/t9-/m1/s1. The van der Waals surface area contributed by atoms with Crippen LogP contribution in [0.2, 0.25) is 5.02 Å². The molecular weight excluding hydrogens is 254 g/mol. The predicted octanol–water partition coefficient (Wildman–Crippen LogP) is 2.91. The Morgan fingerprint density at radius 1 is 1.44 bits per heavy atom. The van der Waals surface area contributed by atoms with Crippen LogP contribution in [0, 0.1) is 0 Å². The number of hydrogen-bond acceptors (Lipinski definition) is 3. The van der Waals surface area contributed by atoms with Gasteiger partial charge in [-0.3, -0.25) is 9.59 Å². The molecule has 0 aromatic heterocycles. The van der Waals surface area contributed by atoms with Crippen LogP contribution in [0.15, 0.2) is 18.2 Å². The van der Waals surface area contributed by atoms with Crippen LogP contribution in [-0.4, -0.2) is 24.4 Å². The molecule has 1 rings (SSSR count). The van der Waals surface area contributed by atoms with Crippen molar-refractivity contribution < 1.29 is 14.3 Å². The van der Waals surface area contributed by atoms with Crippen LogP contribution >= 0.6 is 11.6 Å². The van der Waals surface area contributed by atoms with Crippen LogP contribution in [0.3, 0.4) is 0 Å². The summed E-state index contributed by atoms with van der Waals surface area (Å²) < 4.78 is 5.17. The zero-order valence-electron chi connectivity index (χ0n) is 10.6. The largest absolute Gasteiger partial charge is 0.369 e. The SMILES string of the molecule is CCO[C@H](C)C(=O)Nc1ccc(C(C)=O)c(Cl)c1. The fourth-order valence-corrected chi connectivity index (χ4v) is 1.76. The number of carbonyl (C=O) groups excluding carboxylic acids is 2. The van der Waals surface area contributed by atoms with Gasteiger partial charge in [0, 0.05) is 17.9 Å². The normalized spacial score (nSPS) is 12.0. The molecule has 1 N–H and O–H groups in total. The summed E-state index contributed by atoms with van der Waals surface area (Å²) in [6, 6.07) is 4.78. The first-order chi connectivity index (χ1) is 8.45. The van der Waals surface area contributed by atoms with Crippen LogP contribution in [0.1, 0.15) is 31.1 Å². The van der Waals surface area contributed by atoms with Gasteiger partial charge in [0.1, 0.15) is 6.10 Å². The molecule has 1 aromatic carbocycles. The predicted molar refractivity (Wildman–Crippen MR) is 71.2 cm³/mol. The Balaban J connectivity index is 2.77. The van der Waals surface area contributed by atoms with Gasteiger partial charge >= 0.3 is 0 Å². The van der Waals surface area contributed by atoms with E-state index in [1.165, 1.54) is 6.92 Å². The Morgan fingerprint density at radius 3 is 2.61 bits per heavy atom. The summed E-state index contributed by atoms with van der Waals surface area (Å²) >= 11 is 5.95. The van der Waals surface area contributed by atoms with E-state index in [4.69, 9.17) is 16.3 Å². The van der Waals surface area contributed by atoms with E-state index in [2.05, 4.69) is 5.32 Å². The monoisotopic (exact) mass is 269 g/mol. The van der Waals surface area contributed by atoms with E-state index in [1.807, 2.05) is 6.92 Å². The molecule has 0 heterocycles. The van der Waals surface area contributed by atoms with E-state index in [-0.39, 0.29) is 11.7 Å². The first-order valence-corrected chi connectivity index (χ1v) is 6.06. The zero-order valence-corrected chi connectivity index (χ0v) is 11.4. The van der Waals surface area contributed by atoms with Crippen molar-refractivity contribution >= 4 is 29.0 Å². The molecule has 1 aromatic rings. The maximum atomic E-state index is 11.7. The summed E-state index contributed by atoms with van der Waals surface area (Å²) in [7, 11) is 0.